The molecule has 0 fully saturated rings. The molecule has 1 N–H and O–H groups in total. The van der Waals surface area contributed by atoms with Crippen LogP contribution in [-0.2, 0) is 0 Å². The van der Waals surface area contributed by atoms with E-state index < -0.39 is 17.5 Å². The number of hydrogen-bond acceptors (Lipinski definition) is 3. The number of anilines is 1. The molecule has 0 atom stereocenters. The van der Waals surface area contributed by atoms with E-state index in [1.165, 1.54) is 6.07 Å². The molecule has 3 rings (SSSR count). The van der Waals surface area contributed by atoms with Gasteiger partial charge in [-0.2, -0.15) is 0 Å². The first-order valence-electron chi connectivity index (χ1n) is 6.52. The van der Waals surface area contributed by atoms with E-state index in [0.717, 1.165) is 12.1 Å². The minimum absolute atomic E-state index is 0.0290. The maximum absolute atomic E-state index is 13.5. The van der Waals surface area contributed by atoms with Crippen molar-refractivity contribution in [3.8, 4) is 11.3 Å². The molecule has 1 aromatic heterocycles. The molecule has 0 radical (unpaired) electrons. The van der Waals surface area contributed by atoms with Crippen LogP contribution >= 0.6 is 11.6 Å². The Hall–Kier alpha value is -2.73. The molecule has 2 aromatic carbocycles. The normalized spacial score (nSPS) is 10.6. The number of aromatic nitrogens is 1. The predicted molar refractivity (Wildman–Crippen MR) is 81.3 cm³/mol. The minimum Gasteiger partial charge on any atom is -0.355 e. The largest absolute Gasteiger partial charge is 0.355 e. The molecule has 0 aliphatic heterocycles. The van der Waals surface area contributed by atoms with Gasteiger partial charge in [0.05, 0.1) is 5.69 Å². The fourth-order valence-electron chi connectivity index (χ4n) is 1.91. The lowest BCUT2D eigenvalue weighted by Gasteiger charge is -2.03. The SMILES string of the molecule is O=C(Nc1ccc(F)cc1F)c1cc(-c2ccc(Cl)cc2)on1. The van der Waals surface area contributed by atoms with Crippen molar-refractivity contribution in [2.75, 3.05) is 5.32 Å². The maximum Gasteiger partial charge on any atom is 0.277 e. The van der Waals surface area contributed by atoms with Gasteiger partial charge >= 0.3 is 0 Å². The zero-order chi connectivity index (χ0) is 16.4. The molecule has 7 heteroatoms. The number of rotatable bonds is 3. The second kappa shape index (κ2) is 6.18. The van der Waals surface area contributed by atoms with Crippen LogP contribution in [0.2, 0.25) is 5.02 Å². The quantitative estimate of drug-likeness (QED) is 0.766. The van der Waals surface area contributed by atoms with Crippen LogP contribution in [0.1, 0.15) is 10.5 Å². The van der Waals surface area contributed by atoms with Gasteiger partial charge < -0.3 is 9.84 Å². The van der Waals surface area contributed by atoms with Gasteiger partial charge in [0, 0.05) is 22.7 Å². The van der Waals surface area contributed by atoms with Gasteiger partial charge in [0.1, 0.15) is 11.6 Å². The molecule has 1 amide bonds. The average molecular weight is 335 g/mol. The number of hydrogen-bond donors (Lipinski definition) is 1. The van der Waals surface area contributed by atoms with E-state index in [9.17, 15) is 13.6 Å². The zero-order valence-electron chi connectivity index (χ0n) is 11.5. The highest BCUT2D eigenvalue weighted by atomic mass is 35.5. The van der Waals surface area contributed by atoms with Crippen molar-refractivity contribution in [2.24, 2.45) is 0 Å². The van der Waals surface area contributed by atoms with Crippen molar-refractivity contribution < 1.29 is 18.1 Å². The molecule has 0 unspecified atom stereocenters. The molecule has 1 heterocycles. The average Bonchev–Trinajstić information content (AvgIpc) is 3.01. The highest BCUT2D eigenvalue weighted by Crippen LogP contribution is 2.23. The number of benzene rings is 2. The topological polar surface area (TPSA) is 55.1 Å². The summed E-state index contributed by atoms with van der Waals surface area (Å²) in [5.74, 6) is -1.91. The summed E-state index contributed by atoms with van der Waals surface area (Å²) in [5, 5.41) is 6.51. The molecule has 0 spiro atoms. The fraction of sp³-hybridized carbons (Fsp3) is 0. The highest BCUT2D eigenvalue weighted by molar-refractivity contribution is 6.30. The predicted octanol–water partition coefficient (Wildman–Crippen LogP) is 4.53. The first-order chi connectivity index (χ1) is 11.0. The van der Waals surface area contributed by atoms with Crippen LogP contribution in [0, 0.1) is 11.6 Å². The summed E-state index contributed by atoms with van der Waals surface area (Å²) in [6.45, 7) is 0. The highest BCUT2D eigenvalue weighted by Gasteiger charge is 2.15. The monoisotopic (exact) mass is 334 g/mol. The van der Waals surface area contributed by atoms with E-state index in [2.05, 4.69) is 10.5 Å². The number of nitrogens with one attached hydrogen (secondary N) is 1. The first kappa shape index (κ1) is 15.2. The van der Waals surface area contributed by atoms with Gasteiger partial charge in [0.2, 0.25) is 0 Å². The standard InChI is InChI=1S/C16H9ClF2N2O2/c17-10-3-1-9(2-4-10)15-8-14(21-23-15)16(22)20-13-6-5-11(18)7-12(13)19/h1-8H,(H,20,22). The summed E-state index contributed by atoms with van der Waals surface area (Å²) < 4.78 is 31.5. The summed E-state index contributed by atoms with van der Waals surface area (Å²) in [5.41, 5.74) is 0.514. The van der Waals surface area contributed by atoms with Crippen LogP contribution in [0.15, 0.2) is 53.1 Å². The second-order valence-corrected chi connectivity index (χ2v) is 5.10. The van der Waals surface area contributed by atoms with Gasteiger partial charge in [-0.1, -0.05) is 16.8 Å². The van der Waals surface area contributed by atoms with Gasteiger partial charge in [-0.3, -0.25) is 4.79 Å². The Morgan fingerprint density at radius 3 is 2.52 bits per heavy atom. The molecule has 23 heavy (non-hydrogen) atoms. The zero-order valence-corrected chi connectivity index (χ0v) is 12.3. The summed E-state index contributed by atoms with van der Waals surface area (Å²) in [7, 11) is 0. The minimum atomic E-state index is -0.875. The first-order valence-corrected chi connectivity index (χ1v) is 6.90. The van der Waals surface area contributed by atoms with Crippen molar-refractivity contribution in [1.29, 1.82) is 0 Å². The summed E-state index contributed by atoms with van der Waals surface area (Å²) in [6, 6.07) is 11.0. The second-order valence-electron chi connectivity index (χ2n) is 4.66. The van der Waals surface area contributed by atoms with E-state index in [-0.39, 0.29) is 11.4 Å². The Labute approximate surface area is 134 Å². The smallest absolute Gasteiger partial charge is 0.277 e. The number of carbonyl (C=O) groups excluding carboxylic acids is 1. The molecular weight excluding hydrogens is 326 g/mol. The molecule has 4 nitrogen and oxygen atoms in total. The van der Waals surface area contributed by atoms with Crippen LogP contribution in [0.25, 0.3) is 11.3 Å². The number of halogens is 3. The van der Waals surface area contributed by atoms with E-state index >= 15 is 0 Å². The summed E-state index contributed by atoms with van der Waals surface area (Å²) in [4.78, 5) is 12.0. The van der Waals surface area contributed by atoms with Crippen LogP contribution in [0.3, 0.4) is 0 Å². The van der Waals surface area contributed by atoms with E-state index in [4.69, 9.17) is 16.1 Å². The van der Waals surface area contributed by atoms with Crippen LogP contribution < -0.4 is 5.32 Å². The molecular formula is C16H9ClF2N2O2. The third-order valence-corrected chi connectivity index (χ3v) is 3.30. The third-order valence-electron chi connectivity index (χ3n) is 3.05. The molecule has 0 saturated heterocycles. The molecule has 116 valence electrons. The van der Waals surface area contributed by atoms with E-state index in [1.54, 1.807) is 24.3 Å². The molecule has 0 aliphatic rings. The van der Waals surface area contributed by atoms with Crippen molar-refractivity contribution in [2.45, 2.75) is 0 Å². The molecule has 3 aromatic rings. The number of amides is 1. The summed E-state index contributed by atoms with van der Waals surface area (Å²) in [6.07, 6.45) is 0. The molecule has 0 saturated carbocycles. The third kappa shape index (κ3) is 3.37. The van der Waals surface area contributed by atoms with Crippen LogP contribution in [0.4, 0.5) is 14.5 Å². The lowest BCUT2D eigenvalue weighted by atomic mass is 10.1. The Morgan fingerprint density at radius 2 is 1.83 bits per heavy atom. The Balaban J connectivity index is 1.79. The van der Waals surface area contributed by atoms with Gasteiger partial charge in [0.15, 0.2) is 11.5 Å². The van der Waals surface area contributed by atoms with Crippen LogP contribution in [0.5, 0.6) is 0 Å². The van der Waals surface area contributed by atoms with Crippen molar-refractivity contribution in [3.63, 3.8) is 0 Å². The van der Waals surface area contributed by atoms with Gasteiger partial charge in [-0.25, -0.2) is 8.78 Å². The van der Waals surface area contributed by atoms with E-state index in [1.807, 2.05) is 0 Å². The Morgan fingerprint density at radius 1 is 1.09 bits per heavy atom. The Bertz CT molecular complexity index is 863. The van der Waals surface area contributed by atoms with Crippen LogP contribution in [-0.4, -0.2) is 11.1 Å². The van der Waals surface area contributed by atoms with Crippen molar-refractivity contribution in [3.05, 3.63) is 70.9 Å². The van der Waals surface area contributed by atoms with Crippen molar-refractivity contribution in [1.82, 2.24) is 5.16 Å². The maximum atomic E-state index is 13.5. The number of nitrogens with zero attached hydrogens (tertiary/aromatic N) is 1. The Kier molecular flexibility index (Phi) is 4.08. The van der Waals surface area contributed by atoms with Gasteiger partial charge in [-0.05, 0) is 36.4 Å². The molecule has 0 bridgehead atoms. The van der Waals surface area contributed by atoms with E-state index in [0.29, 0.717) is 22.4 Å². The molecule has 0 aliphatic carbocycles. The van der Waals surface area contributed by atoms with Gasteiger partial charge in [-0.15, -0.1) is 0 Å². The lowest BCUT2D eigenvalue weighted by molar-refractivity contribution is 0.101. The lowest BCUT2D eigenvalue weighted by Crippen LogP contribution is -2.13. The number of carbonyl (C=O) groups is 1. The van der Waals surface area contributed by atoms with Crippen molar-refractivity contribution >= 4 is 23.2 Å². The fourth-order valence-corrected chi connectivity index (χ4v) is 2.04. The summed E-state index contributed by atoms with van der Waals surface area (Å²) >= 11 is 5.80. The van der Waals surface area contributed by atoms with Gasteiger partial charge in [0.25, 0.3) is 5.91 Å².